The standard InChI is InChI=1S/C16H18N4O4S/c1-4-24-15(22)13-12(19-20-9(2)17-18-16(20)25-13)10-5-7-11(8-6-10)14(21)23-3/h5-8,12-13,19H,4H2,1-3H3. The van der Waals surface area contributed by atoms with Crippen LogP contribution in [0.2, 0.25) is 0 Å². The molecule has 0 bridgehead atoms. The number of fused-ring (bicyclic) bond motifs is 1. The highest BCUT2D eigenvalue weighted by molar-refractivity contribution is 8.00. The third kappa shape index (κ3) is 3.32. The molecule has 8 nitrogen and oxygen atoms in total. The predicted octanol–water partition coefficient (Wildman–Crippen LogP) is 1.70. The number of hydrogen-bond donors (Lipinski definition) is 1. The molecule has 1 aromatic heterocycles. The van der Waals surface area contributed by atoms with E-state index >= 15 is 0 Å². The minimum absolute atomic E-state index is 0.301. The zero-order valence-electron chi connectivity index (χ0n) is 14.1. The van der Waals surface area contributed by atoms with E-state index in [9.17, 15) is 9.59 Å². The molecule has 0 spiro atoms. The van der Waals surface area contributed by atoms with Gasteiger partial charge in [0, 0.05) is 0 Å². The van der Waals surface area contributed by atoms with Crippen molar-refractivity contribution in [3.8, 4) is 0 Å². The number of nitrogens with zero attached hydrogens (tertiary/aromatic N) is 3. The summed E-state index contributed by atoms with van der Waals surface area (Å²) in [6.07, 6.45) is 0. The zero-order valence-corrected chi connectivity index (χ0v) is 14.9. The number of rotatable bonds is 4. The fourth-order valence-electron chi connectivity index (χ4n) is 2.56. The minimum atomic E-state index is -0.514. The van der Waals surface area contributed by atoms with Crippen LogP contribution in [0.3, 0.4) is 0 Å². The largest absolute Gasteiger partial charge is 0.465 e. The lowest BCUT2D eigenvalue weighted by molar-refractivity contribution is -0.142. The van der Waals surface area contributed by atoms with Crippen LogP contribution in [0.1, 0.15) is 34.7 Å². The Labute approximate surface area is 148 Å². The first-order chi connectivity index (χ1) is 12.0. The smallest absolute Gasteiger partial charge is 0.337 e. The Hall–Kier alpha value is -2.55. The number of thioether (sulfide) groups is 1. The summed E-state index contributed by atoms with van der Waals surface area (Å²) >= 11 is 1.30. The van der Waals surface area contributed by atoms with Gasteiger partial charge in [-0.3, -0.25) is 4.79 Å². The number of benzene rings is 1. The number of methoxy groups -OCH3 is 1. The summed E-state index contributed by atoms with van der Waals surface area (Å²) in [4.78, 5) is 24.0. The maximum absolute atomic E-state index is 12.4. The highest BCUT2D eigenvalue weighted by Gasteiger charge is 2.38. The van der Waals surface area contributed by atoms with Gasteiger partial charge in [-0.25, -0.2) is 9.47 Å². The number of carbonyl (C=O) groups is 2. The number of nitrogens with one attached hydrogen (secondary N) is 1. The molecule has 2 aromatic rings. The number of hydrogen-bond acceptors (Lipinski definition) is 8. The molecule has 1 aliphatic heterocycles. The van der Waals surface area contributed by atoms with Crippen LogP contribution in [0, 0.1) is 6.92 Å². The van der Waals surface area contributed by atoms with Gasteiger partial charge in [0.2, 0.25) is 5.16 Å². The molecule has 9 heteroatoms. The van der Waals surface area contributed by atoms with Gasteiger partial charge in [-0.1, -0.05) is 23.9 Å². The molecule has 2 heterocycles. The van der Waals surface area contributed by atoms with E-state index in [0.29, 0.717) is 23.2 Å². The van der Waals surface area contributed by atoms with E-state index in [1.807, 2.05) is 6.92 Å². The van der Waals surface area contributed by atoms with Gasteiger partial charge in [-0.05, 0) is 31.5 Å². The van der Waals surface area contributed by atoms with Crippen molar-refractivity contribution in [3.63, 3.8) is 0 Å². The fraction of sp³-hybridized carbons (Fsp3) is 0.375. The summed E-state index contributed by atoms with van der Waals surface area (Å²) in [5, 5.41) is 8.20. The third-order valence-electron chi connectivity index (χ3n) is 3.81. The molecule has 0 fully saturated rings. The van der Waals surface area contributed by atoms with Crippen molar-refractivity contribution in [2.24, 2.45) is 0 Å². The quantitative estimate of drug-likeness (QED) is 0.821. The lowest BCUT2D eigenvalue weighted by Gasteiger charge is -2.32. The molecule has 0 amide bonds. The SMILES string of the molecule is CCOC(=O)C1Sc2nnc(C)n2NC1c1ccc(C(=O)OC)cc1. The first-order valence-electron chi connectivity index (χ1n) is 7.75. The highest BCUT2D eigenvalue weighted by atomic mass is 32.2. The monoisotopic (exact) mass is 362 g/mol. The third-order valence-corrected chi connectivity index (χ3v) is 5.00. The Balaban J connectivity index is 1.94. The average molecular weight is 362 g/mol. The Morgan fingerprint density at radius 1 is 1.28 bits per heavy atom. The van der Waals surface area contributed by atoms with Gasteiger partial charge >= 0.3 is 11.9 Å². The van der Waals surface area contributed by atoms with Crippen LogP contribution in [0.5, 0.6) is 0 Å². The van der Waals surface area contributed by atoms with Crippen molar-refractivity contribution in [2.75, 3.05) is 19.1 Å². The van der Waals surface area contributed by atoms with Gasteiger partial charge in [0.1, 0.15) is 11.1 Å². The lowest BCUT2D eigenvalue weighted by atomic mass is 10.0. The van der Waals surface area contributed by atoms with Crippen LogP contribution in [0.15, 0.2) is 29.4 Å². The van der Waals surface area contributed by atoms with E-state index in [0.717, 1.165) is 5.56 Å². The Kier molecular flexibility index (Phi) is 4.93. The Morgan fingerprint density at radius 3 is 2.64 bits per heavy atom. The molecule has 0 aliphatic carbocycles. The number of esters is 2. The number of carbonyl (C=O) groups excluding carboxylic acids is 2. The van der Waals surface area contributed by atoms with E-state index in [1.165, 1.54) is 18.9 Å². The van der Waals surface area contributed by atoms with Crippen molar-refractivity contribution in [2.45, 2.75) is 30.3 Å². The summed E-state index contributed by atoms with van der Waals surface area (Å²) in [7, 11) is 1.34. The first kappa shape index (κ1) is 17.3. The molecule has 25 heavy (non-hydrogen) atoms. The topological polar surface area (TPSA) is 95.3 Å². The van der Waals surface area contributed by atoms with Crippen LogP contribution in [-0.2, 0) is 14.3 Å². The maximum atomic E-state index is 12.4. The van der Waals surface area contributed by atoms with Crippen LogP contribution in [0.4, 0.5) is 0 Å². The predicted molar refractivity (Wildman–Crippen MR) is 90.9 cm³/mol. The van der Waals surface area contributed by atoms with E-state index < -0.39 is 11.2 Å². The molecular weight excluding hydrogens is 344 g/mol. The highest BCUT2D eigenvalue weighted by Crippen LogP contribution is 2.37. The second kappa shape index (κ2) is 7.14. The van der Waals surface area contributed by atoms with Crippen LogP contribution < -0.4 is 5.43 Å². The maximum Gasteiger partial charge on any atom is 0.337 e. The summed E-state index contributed by atoms with van der Waals surface area (Å²) in [5.41, 5.74) is 4.56. The van der Waals surface area contributed by atoms with E-state index in [-0.39, 0.29) is 12.0 Å². The Morgan fingerprint density at radius 2 is 2.00 bits per heavy atom. The normalized spacial score (nSPS) is 18.8. The van der Waals surface area contributed by atoms with E-state index in [1.54, 1.807) is 35.9 Å². The van der Waals surface area contributed by atoms with Crippen molar-refractivity contribution < 1.29 is 19.1 Å². The van der Waals surface area contributed by atoms with Crippen molar-refractivity contribution in [3.05, 3.63) is 41.2 Å². The van der Waals surface area contributed by atoms with E-state index in [4.69, 9.17) is 9.47 Å². The van der Waals surface area contributed by atoms with E-state index in [2.05, 4.69) is 15.6 Å². The summed E-state index contributed by atoms with van der Waals surface area (Å²) in [6.45, 7) is 3.90. The van der Waals surface area contributed by atoms with Gasteiger partial charge < -0.3 is 14.9 Å². The van der Waals surface area contributed by atoms with Gasteiger partial charge in [-0.2, -0.15) is 0 Å². The zero-order chi connectivity index (χ0) is 18.0. The molecule has 3 rings (SSSR count). The number of aromatic nitrogens is 3. The van der Waals surface area contributed by atoms with Crippen molar-refractivity contribution in [1.29, 1.82) is 0 Å². The second-order valence-corrected chi connectivity index (χ2v) is 6.48. The van der Waals surface area contributed by atoms with Gasteiger partial charge in [-0.15, -0.1) is 10.2 Å². The molecule has 132 valence electrons. The molecule has 2 unspecified atom stereocenters. The van der Waals surface area contributed by atoms with Crippen LogP contribution in [0.25, 0.3) is 0 Å². The van der Waals surface area contributed by atoms with Crippen molar-refractivity contribution >= 4 is 23.7 Å². The van der Waals surface area contributed by atoms with Gasteiger partial charge in [0.25, 0.3) is 0 Å². The molecule has 0 radical (unpaired) electrons. The summed E-state index contributed by atoms with van der Waals surface area (Å²) in [6, 6.07) is 6.58. The summed E-state index contributed by atoms with van der Waals surface area (Å²) in [5.74, 6) is -0.0358. The van der Waals surface area contributed by atoms with Gasteiger partial charge in [0.05, 0.1) is 25.3 Å². The molecule has 0 saturated carbocycles. The van der Waals surface area contributed by atoms with Crippen LogP contribution in [-0.4, -0.2) is 45.8 Å². The van der Waals surface area contributed by atoms with Crippen molar-refractivity contribution in [1.82, 2.24) is 14.9 Å². The summed E-state index contributed by atoms with van der Waals surface area (Å²) < 4.78 is 11.7. The fourth-order valence-corrected chi connectivity index (χ4v) is 3.68. The minimum Gasteiger partial charge on any atom is -0.465 e. The molecule has 1 N–H and O–H groups in total. The molecule has 1 aliphatic rings. The number of ether oxygens (including phenoxy) is 2. The first-order valence-corrected chi connectivity index (χ1v) is 8.63. The number of aryl methyl sites for hydroxylation is 1. The Bertz CT molecular complexity index is 790. The molecule has 0 saturated heterocycles. The lowest BCUT2D eigenvalue weighted by Crippen LogP contribution is -2.39. The van der Waals surface area contributed by atoms with Gasteiger partial charge in [0.15, 0.2) is 0 Å². The van der Waals surface area contributed by atoms with Crippen LogP contribution >= 0.6 is 11.8 Å². The molecule has 1 aromatic carbocycles. The molecule has 2 atom stereocenters. The average Bonchev–Trinajstić information content (AvgIpc) is 3.00. The second-order valence-electron chi connectivity index (χ2n) is 5.38. The molecular formula is C16H18N4O4S.